The molecule has 0 radical (unpaired) electrons. The van der Waals surface area contributed by atoms with E-state index in [9.17, 15) is 4.39 Å². The summed E-state index contributed by atoms with van der Waals surface area (Å²) in [5.74, 6) is 4.95. The van der Waals surface area contributed by atoms with Crippen molar-refractivity contribution >= 4 is 0 Å². The highest BCUT2D eigenvalue weighted by Crippen LogP contribution is 2.11. The zero-order valence-electron chi connectivity index (χ0n) is 11.8. The van der Waals surface area contributed by atoms with E-state index in [4.69, 9.17) is 5.11 Å². The number of benzene rings is 1. The zero-order chi connectivity index (χ0) is 14.3. The van der Waals surface area contributed by atoms with Crippen LogP contribution in [0.25, 0.3) is 0 Å². The predicted molar refractivity (Wildman–Crippen MR) is 75.3 cm³/mol. The Kier molecular flexibility index (Phi) is 6.51. The molecule has 0 aliphatic rings. The highest BCUT2D eigenvalue weighted by Gasteiger charge is 2.06. The largest absolute Gasteiger partial charge is 0.384 e. The minimum atomic E-state index is -0.249. The Bertz CT molecular complexity index is 463. The van der Waals surface area contributed by atoms with E-state index in [-0.39, 0.29) is 12.4 Å². The number of hydrogen-bond acceptors (Lipinski definition) is 3. The number of aliphatic hydroxyl groups is 1. The van der Waals surface area contributed by atoms with Gasteiger partial charge in [0.1, 0.15) is 12.4 Å². The third-order valence-corrected chi connectivity index (χ3v) is 2.73. The fourth-order valence-corrected chi connectivity index (χ4v) is 1.64. The summed E-state index contributed by atoms with van der Waals surface area (Å²) in [5, 5.41) is 8.60. The van der Waals surface area contributed by atoms with Gasteiger partial charge in [-0.25, -0.2) is 4.39 Å². The molecular weight excluding hydrogens is 243 g/mol. The first-order chi connectivity index (χ1) is 9.02. The smallest absolute Gasteiger partial charge is 0.128 e. The average molecular weight is 264 g/mol. The molecule has 0 saturated carbocycles. The van der Waals surface area contributed by atoms with Crippen molar-refractivity contribution in [1.82, 2.24) is 9.80 Å². The maximum absolute atomic E-state index is 13.9. The highest BCUT2D eigenvalue weighted by molar-refractivity contribution is 5.37. The summed E-state index contributed by atoms with van der Waals surface area (Å²) in [4.78, 5) is 4.18. The van der Waals surface area contributed by atoms with Gasteiger partial charge in [0.25, 0.3) is 0 Å². The SMILES string of the molecule is CN(C)CCN(C)Cc1ccc(C#CCO)cc1F. The molecule has 0 aromatic heterocycles. The van der Waals surface area contributed by atoms with E-state index in [0.717, 1.165) is 13.1 Å². The third kappa shape index (κ3) is 5.84. The number of hydrogen-bond donors (Lipinski definition) is 1. The molecule has 1 N–H and O–H groups in total. The van der Waals surface area contributed by atoms with Gasteiger partial charge < -0.3 is 14.9 Å². The van der Waals surface area contributed by atoms with Crippen molar-refractivity contribution in [2.45, 2.75) is 6.54 Å². The number of rotatable bonds is 5. The van der Waals surface area contributed by atoms with Gasteiger partial charge in [0.2, 0.25) is 0 Å². The van der Waals surface area contributed by atoms with E-state index < -0.39 is 0 Å². The van der Waals surface area contributed by atoms with E-state index in [1.54, 1.807) is 12.1 Å². The fourth-order valence-electron chi connectivity index (χ4n) is 1.64. The van der Waals surface area contributed by atoms with Gasteiger partial charge in [-0.2, -0.15) is 0 Å². The second-order valence-electron chi connectivity index (χ2n) is 4.81. The summed E-state index contributed by atoms with van der Waals surface area (Å²) >= 11 is 0. The van der Waals surface area contributed by atoms with Crippen LogP contribution in [-0.2, 0) is 6.54 Å². The predicted octanol–water partition coefficient (Wildman–Crippen LogP) is 1.16. The molecule has 19 heavy (non-hydrogen) atoms. The standard InChI is InChI=1S/C15H21FN2O/c1-17(2)8-9-18(3)12-14-7-6-13(5-4-10-19)11-15(14)16/h6-7,11,19H,8-10,12H2,1-3H3. The van der Waals surface area contributed by atoms with Crippen molar-refractivity contribution in [3.8, 4) is 11.8 Å². The van der Waals surface area contributed by atoms with Crippen molar-refractivity contribution in [2.75, 3.05) is 40.8 Å². The number of nitrogens with zero attached hydrogens (tertiary/aromatic N) is 2. The van der Waals surface area contributed by atoms with Crippen molar-refractivity contribution in [1.29, 1.82) is 0 Å². The molecule has 0 amide bonds. The van der Waals surface area contributed by atoms with Gasteiger partial charge in [0, 0.05) is 30.8 Å². The molecule has 0 aliphatic carbocycles. The molecule has 0 fully saturated rings. The minimum absolute atomic E-state index is 0.212. The molecule has 104 valence electrons. The number of halogens is 1. The van der Waals surface area contributed by atoms with Crippen LogP contribution in [0.15, 0.2) is 18.2 Å². The van der Waals surface area contributed by atoms with Gasteiger partial charge in [-0.3, -0.25) is 0 Å². The van der Waals surface area contributed by atoms with Gasteiger partial charge in [0.05, 0.1) is 0 Å². The van der Waals surface area contributed by atoms with E-state index in [1.807, 2.05) is 21.1 Å². The molecule has 1 aromatic rings. The second-order valence-corrected chi connectivity index (χ2v) is 4.81. The molecule has 0 heterocycles. The van der Waals surface area contributed by atoms with Crippen molar-refractivity contribution in [2.24, 2.45) is 0 Å². The molecule has 0 atom stereocenters. The van der Waals surface area contributed by atoms with Crippen LogP contribution in [0.1, 0.15) is 11.1 Å². The van der Waals surface area contributed by atoms with Gasteiger partial charge in [-0.15, -0.1) is 0 Å². The zero-order valence-corrected chi connectivity index (χ0v) is 11.8. The van der Waals surface area contributed by atoms with Gasteiger partial charge in [0.15, 0.2) is 0 Å². The Balaban J connectivity index is 2.64. The van der Waals surface area contributed by atoms with E-state index >= 15 is 0 Å². The van der Waals surface area contributed by atoms with Crippen molar-refractivity contribution in [3.63, 3.8) is 0 Å². The molecule has 3 nitrogen and oxygen atoms in total. The fraction of sp³-hybridized carbons (Fsp3) is 0.467. The van der Waals surface area contributed by atoms with E-state index in [1.165, 1.54) is 6.07 Å². The maximum Gasteiger partial charge on any atom is 0.128 e. The Labute approximate surface area is 114 Å². The summed E-state index contributed by atoms with van der Waals surface area (Å²) < 4.78 is 13.9. The molecule has 0 aliphatic heterocycles. The minimum Gasteiger partial charge on any atom is -0.384 e. The highest BCUT2D eigenvalue weighted by atomic mass is 19.1. The first-order valence-electron chi connectivity index (χ1n) is 6.24. The molecule has 0 bridgehead atoms. The molecule has 4 heteroatoms. The van der Waals surface area contributed by atoms with Gasteiger partial charge in [-0.05, 0) is 33.3 Å². The summed E-state index contributed by atoms with van der Waals surface area (Å²) in [6.45, 7) is 2.20. The van der Waals surface area contributed by atoms with Crippen LogP contribution >= 0.6 is 0 Å². The van der Waals surface area contributed by atoms with Crippen LogP contribution in [0, 0.1) is 17.7 Å². The van der Waals surface area contributed by atoms with Crippen LogP contribution in [0.3, 0.4) is 0 Å². The molecule has 0 unspecified atom stereocenters. The second kappa shape index (κ2) is 7.90. The van der Waals surface area contributed by atoms with Crippen LogP contribution in [0.4, 0.5) is 4.39 Å². The maximum atomic E-state index is 13.9. The van der Waals surface area contributed by atoms with Crippen LogP contribution < -0.4 is 0 Å². The summed E-state index contributed by atoms with van der Waals surface area (Å²) in [5.41, 5.74) is 1.25. The monoisotopic (exact) mass is 264 g/mol. The lowest BCUT2D eigenvalue weighted by Gasteiger charge is -2.19. The number of aliphatic hydroxyl groups excluding tert-OH is 1. The normalized spacial score (nSPS) is 10.7. The van der Waals surface area contributed by atoms with Crippen molar-refractivity contribution < 1.29 is 9.50 Å². The molecule has 0 saturated heterocycles. The summed E-state index contributed by atoms with van der Waals surface area (Å²) in [7, 11) is 6.01. The van der Waals surface area contributed by atoms with Gasteiger partial charge in [-0.1, -0.05) is 17.9 Å². The Hall–Kier alpha value is -1.41. The van der Waals surface area contributed by atoms with Crippen molar-refractivity contribution in [3.05, 3.63) is 35.1 Å². The molecular formula is C15H21FN2O. The Morgan fingerprint density at radius 1 is 1.21 bits per heavy atom. The van der Waals surface area contributed by atoms with Crippen LogP contribution in [-0.4, -0.2) is 55.7 Å². The molecule has 1 aromatic carbocycles. The lowest BCUT2D eigenvalue weighted by atomic mass is 10.1. The third-order valence-electron chi connectivity index (χ3n) is 2.73. The summed E-state index contributed by atoms with van der Waals surface area (Å²) in [6.07, 6.45) is 0. The Morgan fingerprint density at radius 3 is 2.53 bits per heavy atom. The average Bonchev–Trinajstić information content (AvgIpc) is 2.37. The topological polar surface area (TPSA) is 26.7 Å². The molecule has 0 spiro atoms. The quantitative estimate of drug-likeness (QED) is 0.809. The lowest BCUT2D eigenvalue weighted by molar-refractivity contribution is 0.273. The Morgan fingerprint density at radius 2 is 1.95 bits per heavy atom. The van der Waals surface area contributed by atoms with Crippen LogP contribution in [0.5, 0.6) is 0 Å². The number of likely N-dealkylation sites (N-methyl/N-ethyl adjacent to an activating group) is 2. The van der Waals surface area contributed by atoms with E-state index in [2.05, 4.69) is 21.6 Å². The lowest BCUT2D eigenvalue weighted by Crippen LogP contribution is -2.28. The first-order valence-corrected chi connectivity index (χ1v) is 6.24. The first kappa shape index (κ1) is 15.6. The van der Waals surface area contributed by atoms with E-state index in [0.29, 0.717) is 17.7 Å². The summed E-state index contributed by atoms with van der Waals surface area (Å²) in [6, 6.07) is 4.95. The molecule has 1 rings (SSSR count). The van der Waals surface area contributed by atoms with Gasteiger partial charge >= 0.3 is 0 Å². The van der Waals surface area contributed by atoms with Crippen LogP contribution in [0.2, 0.25) is 0 Å².